The van der Waals surface area contributed by atoms with Crippen molar-refractivity contribution < 1.29 is 0 Å². The Balaban J connectivity index is 1.42. The van der Waals surface area contributed by atoms with Gasteiger partial charge in [0.15, 0.2) is 17.1 Å². The summed E-state index contributed by atoms with van der Waals surface area (Å²) in [6.07, 6.45) is 3.42. The van der Waals surface area contributed by atoms with E-state index in [1.807, 2.05) is 35.6 Å². The van der Waals surface area contributed by atoms with E-state index in [2.05, 4.69) is 30.2 Å². The summed E-state index contributed by atoms with van der Waals surface area (Å²) in [6, 6.07) is 7.40. The van der Waals surface area contributed by atoms with Crippen molar-refractivity contribution in [2.45, 2.75) is 18.8 Å². The van der Waals surface area contributed by atoms with Crippen LogP contribution in [0.25, 0.3) is 16.7 Å². The Morgan fingerprint density at radius 3 is 2.67 bits per heavy atom. The van der Waals surface area contributed by atoms with Crippen molar-refractivity contribution in [1.29, 1.82) is 0 Å². The third-order valence-electron chi connectivity index (χ3n) is 5.70. The van der Waals surface area contributed by atoms with Crippen LogP contribution in [0.15, 0.2) is 35.3 Å². The molecule has 30 heavy (non-hydrogen) atoms. The summed E-state index contributed by atoms with van der Waals surface area (Å²) in [6.45, 7) is 1.54. The largest absolute Gasteiger partial charge is 0.361 e. The molecule has 1 saturated heterocycles. The van der Waals surface area contributed by atoms with Crippen LogP contribution in [0.5, 0.6) is 0 Å². The monoisotopic (exact) mass is 405 g/mol. The van der Waals surface area contributed by atoms with Crippen molar-refractivity contribution in [3.63, 3.8) is 0 Å². The maximum absolute atomic E-state index is 12.7. The van der Waals surface area contributed by atoms with Crippen LogP contribution in [0.2, 0.25) is 0 Å². The molecule has 1 aliphatic rings. The van der Waals surface area contributed by atoms with E-state index < -0.39 is 0 Å². The highest BCUT2D eigenvalue weighted by molar-refractivity contribution is 5.74. The SMILES string of the molecule is CN(C)c1ccc2nnc(C3CCN(c4nc5ncccc5c(=O)n4C)CC3)n2n1. The summed E-state index contributed by atoms with van der Waals surface area (Å²) < 4.78 is 3.46. The number of anilines is 2. The van der Waals surface area contributed by atoms with E-state index in [1.165, 1.54) is 0 Å². The van der Waals surface area contributed by atoms with Gasteiger partial charge in [-0.3, -0.25) is 9.36 Å². The fourth-order valence-corrected chi connectivity index (χ4v) is 4.00. The van der Waals surface area contributed by atoms with Gasteiger partial charge in [0.25, 0.3) is 5.56 Å². The van der Waals surface area contributed by atoms with Crippen molar-refractivity contribution in [1.82, 2.24) is 34.3 Å². The standard InChI is InChI=1S/C20H23N9O/c1-26(2)16-7-6-15-23-24-18(29(15)25-16)13-8-11-28(12-9-13)20-22-17-14(5-4-10-21-17)19(30)27(20)3/h4-7,10,13H,8-9,11-12H2,1-3H3. The molecule has 0 N–H and O–H groups in total. The van der Waals surface area contributed by atoms with Gasteiger partial charge in [0.1, 0.15) is 5.82 Å². The molecule has 0 bridgehead atoms. The Labute approximate surface area is 172 Å². The van der Waals surface area contributed by atoms with Crippen LogP contribution in [0, 0.1) is 0 Å². The first-order valence-electron chi connectivity index (χ1n) is 9.99. The fraction of sp³-hybridized carbons (Fsp3) is 0.400. The Morgan fingerprint density at radius 2 is 1.90 bits per heavy atom. The third-order valence-corrected chi connectivity index (χ3v) is 5.70. The first kappa shape index (κ1) is 18.5. The van der Waals surface area contributed by atoms with E-state index in [9.17, 15) is 4.79 Å². The van der Waals surface area contributed by atoms with Crippen LogP contribution < -0.4 is 15.4 Å². The molecule has 0 atom stereocenters. The highest BCUT2D eigenvalue weighted by Crippen LogP contribution is 2.29. The molecule has 4 aromatic rings. The number of piperidine rings is 1. The van der Waals surface area contributed by atoms with E-state index >= 15 is 0 Å². The average Bonchev–Trinajstić information content (AvgIpc) is 3.19. The van der Waals surface area contributed by atoms with E-state index in [-0.39, 0.29) is 11.5 Å². The molecule has 0 amide bonds. The Bertz CT molecular complexity index is 1280. The second kappa shape index (κ2) is 7.05. The van der Waals surface area contributed by atoms with Gasteiger partial charge < -0.3 is 9.80 Å². The van der Waals surface area contributed by atoms with Gasteiger partial charge in [-0.1, -0.05) is 0 Å². The molecule has 0 aliphatic carbocycles. The minimum Gasteiger partial charge on any atom is -0.361 e. The number of rotatable bonds is 3. The molecule has 1 fully saturated rings. The highest BCUT2D eigenvalue weighted by Gasteiger charge is 2.27. The molecule has 0 spiro atoms. The molecule has 5 rings (SSSR count). The summed E-state index contributed by atoms with van der Waals surface area (Å²) >= 11 is 0. The first-order valence-corrected chi connectivity index (χ1v) is 9.99. The quantitative estimate of drug-likeness (QED) is 0.502. The van der Waals surface area contributed by atoms with Crippen molar-refractivity contribution in [2.75, 3.05) is 37.0 Å². The first-order chi connectivity index (χ1) is 14.5. The van der Waals surface area contributed by atoms with Crippen molar-refractivity contribution in [3.05, 3.63) is 46.6 Å². The second-order valence-electron chi connectivity index (χ2n) is 7.83. The molecule has 154 valence electrons. The smallest absolute Gasteiger partial charge is 0.264 e. The summed E-state index contributed by atoms with van der Waals surface area (Å²) in [5.74, 6) is 2.65. The molecule has 0 aromatic carbocycles. The second-order valence-corrected chi connectivity index (χ2v) is 7.83. The zero-order valence-corrected chi connectivity index (χ0v) is 17.2. The normalized spacial score (nSPS) is 15.2. The van der Waals surface area contributed by atoms with Crippen molar-refractivity contribution >= 4 is 28.4 Å². The maximum atomic E-state index is 12.7. The zero-order chi connectivity index (χ0) is 20.8. The van der Waals surface area contributed by atoms with Crippen LogP contribution >= 0.6 is 0 Å². The van der Waals surface area contributed by atoms with Gasteiger partial charge in [-0.05, 0) is 37.1 Å². The molecular weight excluding hydrogens is 382 g/mol. The molecule has 5 heterocycles. The molecule has 0 radical (unpaired) electrons. The van der Waals surface area contributed by atoms with Crippen LogP contribution in [0.1, 0.15) is 24.6 Å². The highest BCUT2D eigenvalue weighted by atomic mass is 16.1. The fourth-order valence-electron chi connectivity index (χ4n) is 4.00. The summed E-state index contributed by atoms with van der Waals surface area (Å²) in [4.78, 5) is 25.7. The molecule has 0 saturated carbocycles. The van der Waals surface area contributed by atoms with Crippen LogP contribution in [-0.2, 0) is 7.05 Å². The lowest BCUT2D eigenvalue weighted by Crippen LogP contribution is -2.38. The van der Waals surface area contributed by atoms with Gasteiger partial charge in [-0.25, -0.2) is 4.98 Å². The Kier molecular flexibility index (Phi) is 4.34. The predicted octanol–water partition coefficient (Wildman–Crippen LogP) is 1.22. The van der Waals surface area contributed by atoms with Gasteiger partial charge >= 0.3 is 0 Å². The number of hydrogen-bond acceptors (Lipinski definition) is 8. The van der Waals surface area contributed by atoms with Crippen molar-refractivity contribution in [2.24, 2.45) is 7.05 Å². The number of pyridine rings is 1. The predicted molar refractivity (Wildman–Crippen MR) is 114 cm³/mol. The van der Waals surface area contributed by atoms with Gasteiger partial charge in [0.2, 0.25) is 5.95 Å². The summed E-state index contributed by atoms with van der Waals surface area (Å²) in [5.41, 5.74) is 1.17. The molecule has 1 aliphatic heterocycles. The maximum Gasteiger partial charge on any atom is 0.264 e. The van der Waals surface area contributed by atoms with E-state index in [0.717, 1.165) is 43.2 Å². The number of aromatic nitrogens is 7. The van der Waals surface area contributed by atoms with Crippen LogP contribution in [-0.4, -0.2) is 61.5 Å². The third kappa shape index (κ3) is 2.95. The van der Waals surface area contributed by atoms with Gasteiger partial charge in [-0.15, -0.1) is 15.3 Å². The minimum absolute atomic E-state index is 0.0749. The number of hydrogen-bond donors (Lipinski definition) is 0. The van der Waals surface area contributed by atoms with Crippen LogP contribution in [0.3, 0.4) is 0 Å². The minimum atomic E-state index is -0.0749. The van der Waals surface area contributed by atoms with Gasteiger partial charge in [0, 0.05) is 46.3 Å². The van der Waals surface area contributed by atoms with Crippen molar-refractivity contribution in [3.8, 4) is 0 Å². The molecule has 10 nitrogen and oxygen atoms in total. The number of fused-ring (bicyclic) bond motifs is 2. The Hall–Kier alpha value is -3.56. The topological polar surface area (TPSA) is 97.3 Å². The summed E-state index contributed by atoms with van der Waals surface area (Å²) in [7, 11) is 5.70. The lowest BCUT2D eigenvalue weighted by molar-refractivity contribution is 0.468. The Morgan fingerprint density at radius 1 is 1.10 bits per heavy atom. The number of nitrogens with zero attached hydrogens (tertiary/aromatic N) is 9. The van der Waals surface area contributed by atoms with Gasteiger partial charge in [-0.2, -0.15) is 9.50 Å². The molecule has 4 aromatic heterocycles. The van der Waals surface area contributed by atoms with E-state index in [0.29, 0.717) is 17.0 Å². The lowest BCUT2D eigenvalue weighted by Gasteiger charge is -2.32. The van der Waals surface area contributed by atoms with E-state index in [4.69, 9.17) is 0 Å². The zero-order valence-electron chi connectivity index (χ0n) is 17.2. The summed E-state index contributed by atoms with van der Waals surface area (Å²) in [5, 5.41) is 13.9. The van der Waals surface area contributed by atoms with Gasteiger partial charge in [0.05, 0.1) is 5.39 Å². The average molecular weight is 405 g/mol. The molecule has 10 heteroatoms. The van der Waals surface area contributed by atoms with Crippen LogP contribution in [0.4, 0.5) is 11.8 Å². The molecule has 0 unspecified atom stereocenters. The molecular formula is C20H23N9O. The van der Waals surface area contributed by atoms with E-state index in [1.54, 1.807) is 29.9 Å². The lowest BCUT2D eigenvalue weighted by atomic mass is 9.96.